The number of nitrogens with one attached hydrogen (secondary N) is 1. The van der Waals surface area contributed by atoms with Crippen LogP contribution in [0.1, 0.15) is 5.69 Å². The van der Waals surface area contributed by atoms with E-state index in [1.165, 1.54) is 17.0 Å². The zero-order valence-corrected chi connectivity index (χ0v) is 17.2. The molecule has 0 aliphatic carbocycles. The van der Waals surface area contributed by atoms with Crippen molar-refractivity contribution < 1.29 is 0 Å². The average molecular weight is 397 g/mol. The smallest absolute Gasteiger partial charge is 0.307 e. The molecule has 4 rings (SSSR count). The minimum absolute atomic E-state index is 0.0140. The standard InChI is InChI=1S/C20H24N6OS/c1-14-18(28-20(27)25(14)3)17-8-9-21-19(23-17)22-15-4-6-16(7-5-15)26-12-10-24(2)11-13-26/h4-9H,10-13H2,1-3H3,(H,21,22,23). The van der Waals surface area contributed by atoms with E-state index in [0.29, 0.717) is 5.95 Å². The topological polar surface area (TPSA) is 66.3 Å². The maximum absolute atomic E-state index is 11.9. The van der Waals surface area contributed by atoms with Gasteiger partial charge in [-0.2, -0.15) is 0 Å². The third kappa shape index (κ3) is 3.79. The summed E-state index contributed by atoms with van der Waals surface area (Å²) in [6, 6.07) is 10.2. The molecule has 1 aliphatic heterocycles. The van der Waals surface area contributed by atoms with E-state index >= 15 is 0 Å². The van der Waals surface area contributed by atoms with Gasteiger partial charge in [0.2, 0.25) is 5.95 Å². The van der Waals surface area contributed by atoms with E-state index in [1.54, 1.807) is 17.8 Å². The van der Waals surface area contributed by atoms with E-state index < -0.39 is 0 Å². The molecule has 28 heavy (non-hydrogen) atoms. The van der Waals surface area contributed by atoms with Crippen molar-refractivity contribution in [1.82, 2.24) is 19.4 Å². The van der Waals surface area contributed by atoms with Gasteiger partial charge in [0.15, 0.2) is 0 Å². The first-order valence-electron chi connectivity index (χ1n) is 9.31. The van der Waals surface area contributed by atoms with Gasteiger partial charge in [0.05, 0.1) is 10.6 Å². The van der Waals surface area contributed by atoms with Gasteiger partial charge in [0.25, 0.3) is 0 Å². The van der Waals surface area contributed by atoms with Gasteiger partial charge in [-0.05, 0) is 44.3 Å². The van der Waals surface area contributed by atoms with Crippen molar-refractivity contribution in [1.29, 1.82) is 0 Å². The van der Waals surface area contributed by atoms with Crippen LogP contribution in [0.15, 0.2) is 41.3 Å². The Hall–Kier alpha value is -2.71. The first-order valence-corrected chi connectivity index (χ1v) is 10.1. The Bertz CT molecular complexity index is 1020. The quantitative estimate of drug-likeness (QED) is 0.731. The van der Waals surface area contributed by atoms with Gasteiger partial charge < -0.3 is 19.7 Å². The lowest BCUT2D eigenvalue weighted by Gasteiger charge is -2.34. The molecular weight excluding hydrogens is 372 g/mol. The fraction of sp³-hybridized carbons (Fsp3) is 0.350. The molecule has 0 spiro atoms. The van der Waals surface area contributed by atoms with Crippen LogP contribution in [-0.2, 0) is 7.05 Å². The number of rotatable bonds is 4. The number of hydrogen-bond acceptors (Lipinski definition) is 7. The Balaban J connectivity index is 1.50. The Labute approximate surface area is 168 Å². The Morgan fingerprint density at radius 2 is 1.75 bits per heavy atom. The highest BCUT2D eigenvalue weighted by Crippen LogP contribution is 2.26. The summed E-state index contributed by atoms with van der Waals surface area (Å²) in [6.07, 6.45) is 1.72. The summed E-state index contributed by atoms with van der Waals surface area (Å²) in [5.41, 5.74) is 3.84. The monoisotopic (exact) mass is 396 g/mol. The highest BCUT2D eigenvalue weighted by Gasteiger charge is 2.15. The molecule has 0 atom stereocenters. The number of nitrogens with zero attached hydrogens (tertiary/aromatic N) is 5. The molecule has 3 heterocycles. The second-order valence-corrected chi connectivity index (χ2v) is 8.03. The van der Waals surface area contributed by atoms with Gasteiger partial charge in [0.1, 0.15) is 0 Å². The number of aromatic nitrogens is 3. The Morgan fingerprint density at radius 1 is 1.04 bits per heavy atom. The number of hydrogen-bond donors (Lipinski definition) is 1. The van der Waals surface area contributed by atoms with Crippen LogP contribution in [0.3, 0.4) is 0 Å². The van der Waals surface area contributed by atoms with E-state index in [4.69, 9.17) is 0 Å². The molecule has 0 radical (unpaired) electrons. The van der Waals surface area contributed by atoms with Crippen LogP contribution in [0.5, 0.6) is 0 Å². The van der Waals surface area contributed by atoms with Crippen LogP contribution < -0.4 is 15.1 Å². The minimum Gasteiger partial charge on any atom is -0.369 e. The summed E-state index contributed by atoms with van der Waals surface area (Å²) in [6.45, 7) is 6.21. The van der Waals surface area contributed by atoms with Gasteiger partial charge in [-0.1, -0.05) is 11.3 Å². The Kier molecular flexibility index (Phi) is 5.15. The van der Waals surface area contributed by atoms with Crippen LogP contribution in [0.4, 0.5) is 17.3 Å². The zero-order chi connectivity index (χ0) is 19.7. The first-order chi connectivity index (χ1) is 13.5. The van der Waals surface area contributed by atoms with E-state index in [9.17, 15) is 4.79 Å². The van der Waals surface area contributed by atoms with Crippen LogP contribution >= 0.6 is 11.3 Å². The van der Waals surface area contributed by atoms with Gasteiger partial charge in [0, 0.05) is 56.5 Å². The number of anilines is 3. The molecule has 0 amide bonds. The summed E-state index contributed by atoms with van der Waals surface area (Å²) < 4.78 is 1.65. The molecule has 1 fully saturated rings. The molecular formula is C20H24N6OS. The number of thiazole rings is 1. The van der Waals surface area contributed by atoms with E-state index in [2.05, 4.69) is 56.4 Å². The van der Waals surface area contributed by atoms with Crippen molar-refractivity contribution in [3.8, 4) is 10.6 Å². The molecule has 2 aromatic heterocycles. The fourth-order valence-corrected chi connectivity index (χ4v) is 4.20. The predicted octanol–water partition coefficient (Wildman–Crippen LogP) is 2.71. The molecule has 1 N–H and O–H groups in total. The maximum Gasteiger partial charge on any atom is 0.307 e. The summed E-state index contributed by atoms with van der Waals surface area (Å²) in [7, 11) is 3.94. The van der Waals surface area contributed by atoms with Crippen LogP contribution in [-0.4, -0.2) is 52.7 Å². The van der Waals surface area contributed by atoms with Crippen molar-refractivity contribution in [2.75, 3.05) is 43.4 Å². The van der Waals surface area contributed by atoms with E-state index in [-0.39, 0.29) is 4.87 Å². The van der Waals surface area contributed by atoms with Gasteiger partial charge in [-0.15, -0.1) is 0 Å². The maximum atomic E-state index is 11.9. The second kappa shape index (κ2) is 7.73. The largest absolute Gasteiger partial charge is 0.369 e. The third-order valence-electron chi connectivity index (χ3n) is 5.18. The summed E-state index contributed by atoms with van der Waals surface area (Å²) in [4.78, 5) is 26.5. The summed E-state index contributed by atoms with van der Waals surface area (Å²) in [5.74, 6) is 0.521. The van der Waals surface area contributed by atoms with Gasteiger partial charge in [-0.25, -0.2) is 9.97 Å². The van der Waals surface area contributed by atoms with E-state index in [0.717, 1.165) is 48.1 Å². The lowest BCUT2D eigenvalue weighted by atomic mass is 10.2. The van der Waals surface area contributed by atoms with Gasteiger partial charge in [-0.3, -0.25) is 4.79 Å². The normalized spacial score (nSPS) is 15.0. The molecule has 8 heteroatoms. The van der Waals surface area contributed by atoms with E-state index in [1.807, 2.05) is 13.0 Å². The third-order valence-corrected chi connectivity index (χ3v) is 6.33. The molecule has 0 unspecified atom stereocenters. The average Bonchev–Trinajstić information content (AvgIpc) is 2.97. The van der Waals surface area contributed by atoms with Crippen molar-refractivity contribution in [2.24, 2.45) is 7.05 Å². The van der Waals surface area contributed by atoms with Crippen molar-refractivity contribution in [3.63, 3.8) is 0 Å². The van der Waals surface area contributed by atoms with Crippen molar-refractivity contribution >= 4 is 28.7 Å². The summed E-state index contributed by atoms with van der Waals surface area (Å²) in [5, 5.41) is 3.26. The molecule has 146 valence electrons. The molecule has 0 saturated carbocycles. The number of likely N-dealkylation sites (N-methyl/N-ethyl adjacent to an activating group) is 1. The SMILES string of the molecule is Cc1c(-c2ccnc(Nc3ccc(N4CCN(C)CC4)cc3)n2)sc(=O)n1C. The van der Waals surface area contributed by atoms with Crippen molar-refractivity contribution in [3.05, 3.63) is 51.9 Å². The molecule has 1 saturated heterocycles. The second-order valence-electron chi connectivity index (χ2n) is 7.07. The lowest BCUT2D eigenvalue weighted by Crippen LogP contribution is -2.44. The zero-order valence-electron chi connectivity index (χ0n) is 16.3. The highest BCUT2D eigenvalue weighted by molar-refractivity contribution is 7.13. The van der Waals surface area contributed by atoms with Gasteiger partial charge >= 0.3 is 4.87 Å². The highest BCUT2D eigenvalue weighted by atomic mass is 32.1. The minimum atomic E-state index is 0.0140. The number of benzene rings is 1. The molecule has 0 bridgehead atoms. The molecule has 7 nitrogen and oxygen atoms in total. The predicted molar refractivity (Wildman–Crippen MR) is 115 cm³/mol. The van der Waals surface area contributed by atoms with Crippen LogP contribution in [0.25, 0.3) is 10.6 Å². The lowest BCUT2D eigenvalue weighted by molar-refractivity contribution is 0.313. The number of piperazine rings is 1. The Morgan fingerprint density at radius 3 is 2.39 bits per heavy atom. The van der Waals surface area contributed by atoms with Crippen molar-refractivity contribution in [2.45, 2.75) is 6.92 Å². The fourth-order valence-electron chi connectivity index (χ4n) is 3.25. The summed E-state index contributed by atoms with van der Waals surface area (Å²) >= 11 is 1.21. The molecule has 3 aromatic rings. The van der Waals surface area contributed by atoms with Crippen LogP contribution in [0.2, 0.25) is 0 Å². The molecule has 1 aromatic carbocycles. The first kappa shape index (κ1) is 18.6. The molecule has 1 aliphatic rings. The van der Waals surface area contributed by atoms with Crippen LogP contribution in [0, 0.1) is 6.92 Å².